The van der Waals surface area contributed by atoms with Gasteiger partial charge < -0.3 is 14.4 Å². The van der Waals surface area contributed by atoms with Crippen molar-refractivity contribution < 1.29 is 13.9 Å². The highest BCUT2D eigenvalue weighted by Gasteiger charge is 2.50. The first-order chi connectivity index (χ1) is 13.3. The van der Waals surface area contributed by atoms with Crippen LogP contribution in [0, 0.1) is 17.6 Å². The molecule has 144 valence electrons. The molecule has 2 unspecified atom stereocenters. The van der Waals surface area contributed by atoms with Crippen molar-refractivity contribution in [3.8, 4) is 12.3 Å². The van der Waals surface area contributed by atoms with E-state index in [9.17, 15) is 10.0 Å². The Morgan fingerprint density at radius 3 is 2.89 bits per heavy atom. The van der Waals surface area contributed by atoms with Gasteiger partial charge in [-0.05, 0) is 38.1 Å². The van der Waals surface area contributed by atoms with Crippen LogP contribution in [0.3, 0.4) is 0 Å². The number of thiazole rings is 1. The normalized spacial score (nSPS) is 23.0. The predicted octanol–water partition coefficient (Wildman–Crippen LogP) is 3.56. The van der Waals surface area contributed by atoms with E-state index in [1.54, 1.807) is 6.07 Å². The Bertz CT molecular complexity index is 1020. The molecule has 0 aliphatic carbocycles. The predicted molar refractivity (Wildman–Crippen MR) is 107 cm³/mol. The number of carbonyl (C=O) groups excluding carboxylic acids is 1. The van der Waals surface area contributed by atoms with Gasteiger partial charge in [-0.1, -0.05) is 29.4 Å². The van der Waals surface area contributed by atoms with Crippen molar-refractivity contribution in [2.75, 3.05) is 13.2 Å². The van der Waals surface area contributed by atoms with Crippen LogP contribution in [0.5, 0.6) is 0 Å². The van der Waals surface area contributed by atoms with Gasteiger partial charge in [0, 0.05) is 0 Å². The second kappa shape index (κ2) is 6.72. The third-order valence-corrected chi connectivity index (χ3v) is 6.09. The Labute approximate surface area is 166 Å². The first-order valence-corrected chi connectivity index (χ1v) is 9.57. The van der Waals surface area contributed by atoms with Gasteiger partial charge in [0.25, 0.3) is 11.4 Å². The zero-order chi connectivity index (χ0) is 19.9. The Morgan fingerprint density at radius 1 is 1.43 bits per heavy atom. The monoisotopic (exact) mass is 397 g/mol. The fourth-order valence-electron chi connectivity index (χ4n) is 3.12. The van der Waals surface area contributed by atoms with E-state index >= 15 is 0 Å². The average Bonchev–Trinajstić information content (AvgIpc) is 3.41. The van der Waals surface area contributed by atoms with Crippen LogP contribution < -0.4 is 4.65 Å². The molecule has 7 nitrogen and oxygen atoms in total. The van der Waals surface area contributed by atoms with Crippen LogP contribution >= 0.6 is 11.3 Å². The molecule has 0 radical (unpaired) electrons. The van der Waals surface area contributed by atoms with E-state index in [0.717, 1.165) is 10.2 Å². The molecule has 8 heteroatoms. The number of para-hydroxylation sites is 1. The van der Waals surface area contributed by atoms with Crippen LogP contribution in [0.15, 0.2) is 47.1 Å². The van der Waals surface area contributed by atoms with E-state index < -0.39 is 22.4 Å². The highest BCUT2D eigenvalue weighted by molar-refractivity contribution is 7.22. The fraction of sp³-hybridized carbons (Fsp3) is 0.300. The quantitative estimate of drug-likeness (QED) is 0.290. The maximum atomic E-state index is 13.9. The van der Waals surface area contributed by atoms with Crippen LogP contribution in [0.2, 0.25) is 0 Å². The van der Waals surface area contributed by atoms with Gasteiger partial charge in [-0.15, -0.1) is 6.42 Å². The number of nitrogens with zero attached hydrogens (tertiary/aromatic N) is 3. The molecule has 1 aliphatic rings. The lowest BCUT2D eigenvalue weighted by molar-refractivity contribution is 0.00222. The number of furan rings is 1. The molecule has 3 aromatic rings. The Morgan fingerprint density at radius 2 is 2.21 bits per heavy atom. The van der Waals surface area contributed by atoms with Gasteiger partial charge in [0.2, 0.25) is 5.76 Å². The van der Waals surface area contributed by atoms with Crippen molar-refractivity contribution in [2.24, 2.45) is 0 Å². The Kier molecular flexibility index (Phi) is 4.48. The summed E-state index contributed by atoms with van der Waals surface area (Å²) < 4.78 is 10.7. The van der Waals surface area contributed by atoms with Crippen molar-refractivity contribution in [1.29, 1.82) is 0 Å². The topological polar surface area (TPSA) is 78.6 Å². The molecule has 28 heavy (non-hydrogen) atoms. The van der Waals surface area contributed by atoms with Gasteiger partial charge in [-0.2, -0.15) is 4.98 Å². The van der Waals surface area contributed by atoms with Gasteiger partial charge in [0.05, 0.1) is 28.6 Å². The molecule has 4 rings (SSSR count). The van der Waals surface area contributed by atoms with Crippen molar-refractivity contribution in [2.45, 2.75) is 25.6 Å². The van der Waals surface area contributed by atoms with Crippen LogP contribution in [0.4, 0.5) is 5.13 Å². The number of hydrogen-bond acceptors (Lipinski definition) is 7. The lowest BCUT2D eigenvalue weighted by atomic mass is 10.1. The van der Waals surface area contributed by atoms with Crippen molar-refractivity contribution in [3.05, 3.63) is 53.6 Å². The van der Waals surface area contributed by atoms with E-state index in [4.69, 9.17) is 15.6 Å². The first-order valence-electron chi connectivity index (χ1n) is 8.76. The van der Waals surface area contributed by atoms with Crippen LogP contribution in [-0.2, 0) is 4.74 Å². The summed E-state index contributed by atoms with van der Waals surface area (Å²) in [6, 6.07) is 10.6. The van der Waals surface area contributed by atoms with E-state index in [0.29, 0.717) is 5.13 Å². The number of rotatable bonds is 4. The standard InChI is InChI=1S/C20H19N3O4S/c1-4-20(2,3)22-12-17(27-18(24)15-9-7-11-26-15)23(25,13-22)19-21-14-8-5-6-10-16(14)28-19/h1,5-11,17H,12-13H2,2-3H3. The third kappa shape index (κ3) is 3.08. The van der Waals surface area contributed by atoms with E-state index in [-0.39, 0.29) is 19.0 Å². The Hall–Kier alpha value is -2.70. The maximum absolute atomic E-state index is 13.9. The highest BCUT2D eigenvalue weighted by atomic mass is 32.1. The lowest BCUT2D eigenvalue weighted by Crippen LogP contribution is -2.51. The summed E-state index contributed by atoms with van der Waals surface area (Å²) in [5, 5.41) is 14.3. The third-order valence-electron chi connectivity index (χ3n) is 4.94. The number of benzene rings is 1. The number of hydroxylamine groups is 2. The van der Waals surface area contributed by atoms with Crippen LogP contribution in [0.1, 0.15) is 24.4 Å². The van der Waals surface area contributed by atoms with Gasteiger partial charge >= 0.3 is 5.97 Å². The number of quaternary nitrogens is 1. The minimum absolute atomic E-state index is 0.0348. The number of fused-ring (bicyclic) bond motifs is 1. The summed E-state index contributed by atoms with van der Waals surface area (Å²) in [6.07, 6.45) is 6.03. The summed E-state index contributed by atoms with van der Waals surface area (Å²) in [5.74, 6) is 2.06. The minimum atomic E-state index is -1.01. The smallest absolute Gasteiger partial charge is 0.378 e. The molecule has 1 saturated heterocycles. The van der Waals surface area contributed by atoms with Crippen LogP contribution in [0.25, 0.3) is 10.2 Å². The molecule has 0 amide bonds. The van der Waals surface area contributed by atoms with Crippen molar-refractivity contribution >= 4 is 32.7 Å². The fourth-order valence-corrected chi connectivity index (χ4v) is 4.16. The summed E-state index contributed by atoms with van der Waals surface area (Å²) in [7, 11) is 0. The lowest BCUT2D eigenvalue weighted by Gasteiger charge is -2.39. The summed E-state index contributed by atoms with van der Waals surface area (Å²) in [4.78, 5) is 18.8. The highest BCUT2D eigenvalue weighted by Crippen LogP contribution is 2.39. The molecule has 3 heterocycles. The molecule has 2 atom stereocenters. The molecule has 0 spiro atoms. The number of hydrogen-bond donors (Lipinski definition) is 0. The number of ether oxygens (including phenoxy) is 1. The van der Waals surface area contributed by atoms with Gasteiger partial charge in [0.1, 0.15) is 6.67 Å². The molecule has 1 aliphatic heterocycles. The Balaban J connectivity index is 1.72. The molecular formula is C20H19N3O4S. The SMILES string of the molecule is C#CC(C)(C)N1CC(OC(=O)c2ccco2)[N+]([O-])(c2nc3ccccc3s2)C1. The number of terminal acetylenes is 1. The second-order valence-electron chi connectivity index (χ2n) is 7.16. The number of esters is 1. The minimum Gasteiger partial charge on any atom is -0.622 e. The second-order valence-corrected chi connectivity index (χ2v) is 8.17. The van der Waals surface area contributed by atoms with Crippen LogP contribution in [-0.4, -0.2) is 40.8 Å². The van der Waals surface area contributed by atoms with Crippen molar-refractivity contribution in [3.63, 3.8) is 0 Å². The summed E-state index contributed by atoms with van der Waals surface area (Å²) in [5.41, 5.74) is 0.0674. The molecule has 2 aromatic heterocycles. The van der Waals surface area contributed by atoms with Gasteiger partial charge in [-0.3, -0.25) is 4.65 Å². The summed E-state index contributed by atoms with van der Waals surface area (Å²) in [6.45, 7) is 3.94. The van der Waals surface area contributed by atoms with Crippen molar-refractivity contribution in [1.82, 2.24) is 14.5 Å². The molecule has 1 fully saturated rings. The molecular weight excluding hydrogens is 378 g/mol. The summed E-state index contributed by atoms with van der Waals surface area (Å²) >= 11 is 1.30. The first kappa shape index (κ1) is 18.7. The van der Waals surface area contributed by atoms with Gasteiger partial charge in [0.15, 0.2) is 0 Å². The largest absolute Gasteiger partial charge is 0.622 e. The van der Waals surface area contributed by atoms with E-state index in [1.807, 2.05) is 43.0 Å². The molecule has 0 N–H and O–H groups in total. The van der Waals surface area contributed by atoms with E-state index in [2.05, 4.69) is 10.9 Å². The molecule has 0 bridgehead atoms. The molecule has 0 saturated carbocycles. The van der Waals surface area contributed by atoms with E-state index in [1.165, 1.54) is 23.7 Å². The zero-order valence-electron chi connectivity index (χ0n) is 15.5. The molecule has 1 aromatic carbocycles. The average molecular weight is 397 g/mol. The number of carbonyl (C=O) groups is 1. The maximum Gasteiger partial charge on any atom is 0.378 e. The number of aromatic nitrogens is 1. The zero-order valence-corrected chi connectivity index (χ0v) is 16.3. The van der Waals surface area contributed by atoms with Gasteiger partial charge in [-0.25, -0.2) is 9.69 Å².